The second-order valence-corrected chi connectivity index (χ2v) is 8.10. The van der Waals surface area contributed by atoms with Crippen LogP contribution in [0.2, 0.25) is 0 Å². The van der Waals surface area contributed by atoms with Gasteiger partial charge in [0, 0.05) is 19.0 Å². The van der Waals surface area contributed by atoms with Gasteiger partial charge in [-0.25, -0.2) is 4.79 Å². The highest BCUT2D eigenvalue weighted by Gasteiger charge is 2.59. The summed E-state index contributed by atoms with van der Waals surface area (Å²) in [6.45, 7) is 3.54. The molecule has 0 unspecified atom stereocenters. The van der Waals surface area contributed by atoms with Gasteiger partial charge in [0.05, 0.1) is 5.92 Å². The molecule has 1 aliphatic carbocycles. The Morgan fingerprint density at radius 1 is 1.34 bits per heavy atom. The lowest BCUT2D eigenvalue weighted by Crippen LogP contribution is -2.38. The molecular formula is C19H27N3O7. The molecule has 1 saturated carbocycles. The average molecular weight is 409 g/mol. The smallest absolute Gasteiger partial charge is 0.351 e. The lowest BCUT2D eigenvalue weighted by Gasteiger charge is -2.34. The van der Waals surface area contributed by atoms with E-state index in [4.69, 9.17) is 24.2 Å². The van der Waals surface area contributed by atoms with Crippen molar-refractivity contribution in [1.29, 1.82) is 0 Å². The van der Waals surface area contributed by atoms with Gasteiger partial charge in [0.2, 0.25) is 0 Å². The van der Waals surface area contributed by atoms with E-state index in [-0.39, 0.29) is 24.3 Å². The average Bonchev–Trinajstić information content (AvgIpc) is 3.22. The molecule has 1 aromatic heterocycles. The van der Waals surface area contributed by atoms with E-state index in [0.29, 0.717) is 0 Å². The van der Waals surface area contributed by atoms with Gasteiger partial charge in [-0.1, -0.05) is 20.3 Å². The molecule has 2 saturated heterocycles. The fraction of sp³-hybridized carbons (Fsp3) is 0.737. The molecule has 0 aromatic carbocycles. The van der Waals surface area contributed by atoms with Gasteiger partial charge in [0.25, 0.3) is 0 Å². The Morgan fingerprint density at radius 3 is 2.72 bits per heavy atom. The van der Waals surface area contributed by atoms with Crippen molar-refractivity contribution in [1.82, 2.24) is 9.55 Å². The first-order valence-corrected chi connectivity index (χ1v) is 10.1. The number of nitrogens with one attached hydrogen (secondary N) is 1. The number of nitrogens with zero attached hydrogens (tertiary/aromatic N) is 2. The minimum atomic E-state index is -0.767. The van der Waals surface area contributed by atoms with Crippen molar-refractivity contribution in [3.63, 3.8) is 0 Å². The molecule has 0 bridgehead atoms. The van der Waals surface area contributed by atoms with Crippen molar-refractivity contribution in [3.05, 3.63) is 22.7 Å². The highest BCUT2D eigenvalue weighted by atomic mass is 16.8. The standard InChI is InChI=1S/C19H27N3O7/c1-11(2)17(23)26-10-12-14-15(29-19(28-14)7-4-3-5-8-19)16(27-12)22-9-6-13(21-25)20-18(22)24/h6,9,11-12,14-16,25H,3-5,7-8,10H2,1-2H3,(H,20,21,24)/t12-,14-,15-,16-/m1/s1. The number of aromatic nitrogens is 2. The van der Waals surface area contributed by atoms with Gasteiger partial charge in [0.1, 0.15) is 24.9 Å². The van der Waals surface area contributed by atoms with Crippen molar-refractivity contribution in [2.45, 2.75) is 76.3 Å². The zero-order valence-corrected chi connectivity index (χ0v) is 16.6. The van der Waals surface area contributed by atoms with Crippen LogP contribution in [-0.4, -0.2) is 51.4 Å². The van der Waals surface area contributed by atoms with Crippen LogP contribution in [0.3, 0.4) is 0 Å². The van der Waals surface area contributed by atoms with Crippen LogP contribution >= 0.6 is 0 Å². The monoisotopic (exact) mass is 409 g/mol. The highest BCUT2D eigenvalue weighted by molar-refractivity contribution is 5.71. The molecule has 3 aliphatic rings. The summed E-state index contributed by atoms with van der Waals surface area (Å²) in [5.41, 5.74) is 1.26. The maximum Gasteiger partial charge on any atom is 0.351 e. The molecule has 1 spiro atoms. The van der Waals surface area contributed by atoms with Gasteiger partial charge in [0.15, 0.2) is 17.8 Å². The van der Waals surface area contributed by atoms with Crippen molar-refractivity contribution in [3.8, 4) is 0 Å². The van der Waals surface area contributed by atoms with Gasteiger partial charge in [-0.15, -0.1) is 0 Å². The minimum Gasteiger partial charge on any atom is -0.463 e. The number of rotatable bonds is 5. The van der Waals surface area contributed by atoms with Crippen LogP contribution in [-0.2, 0) is 23.7 Å². The third-order valence-corrected chi connectivity index (χ3v) is 5.68. The molecule has 4 rings (SSSR count). The number of ether oxygens (including phenoxy) is 4. The summed E-state index contributed by atoms with van der Waals surface area (Å²) in [5, 5.41) is 8.96. The summed E-state index contributed by atoms with van der Waals surface area (Å²) < 4.78 is 25.4. The van der Waals surface area contributed by atoms with E-state index in [2.05, 4.69) is 4.98 Å². The summed E-state index contributed by atoms with van der Waals surface area (Å²) in [6, 6.07) is 1.46. The predicted molar refractivity (Wildman–Crippen MR) is 99.2 cm³/mol. The number of esters is 1. The summed E-state index contributed by atoms with van der Waals surface area (Å²) in [5.74, 6) is -1.22. The molecule has 4 atom stereocenters. The van der Waals surface area contributed by atoms with E-state index in [0.717, 1.165) is 32.1 Å². The molecule has 10 heteroatoms. The van der Waals surface area contributed by atoms with Crippen molar-refractivity contribution >= 4 is 11.8 Å². The molecule has 3 heterocycles. The van der Waals surface area contributed by atoms with E-state index in [1.165, 1.54) is 16.8 Å². The second kappa shape index (κ2) is 8.02. The Labute approximate surface area is 168 Å². The predicted octanol–water partition coefficient (Wildman–Crippen LogP) is 1.59. The van der Waals surface area contributed by atoms with E-state index >= 15 is 0 Å². The van der Waals surface area contributed by atoms with Gasteiger partial charge in [-0.05, 0) is 18.9 Å². The Balaban J connectivity index is 1.58. The zero-order chi connectivity index (χ0) is 20.6. The fourth-order valence-corrected chi connectivity index (χ4v) is 4.18. The number of hydrogen-bond acceptors (Lipinski definition) is 9. The van der Waals surface area contributed by atoms with Crippen LogP contribution in [0.1, 0.15) is 52.2 Å². The quantitative estimate of drug-likeness (QED) is 0.551. The first kappa shape index (κ1) is 20.3. The van der Waals surface area contributed by atoms with E-state index in [1.54, 1.807) is 13.8 Å². The molecule has 1 aromatic rings. The molecule has 10 nitrogen and oxygen atoms in total. The maximum atomic E-state index is 12.4. The number of carbonyl (C=O) groups excluding carboxylic acids is 1. The Bertz CT molecular complexity index is 805. The Morgan fingerprint density at radius 2 is 2.07 bits per heavy atom. The van der Waals surface area contributed by atoms with E-state index in [9.17, 15) is 9.59 Å². The van der Waals surface area contributed by atoms with Crippen molar-refractivity contribution in [2.75, 3.05) is 12.1 Å². The van der Waals surface area contributed by atoms with Crippen molar-refractivity contribution in [2.24, 2.45) is 5.92 Å². The molecule has 29 heavy (non-hydrogen) atoms. The van der Waals surface area contributed by atoms with Gasteiger partial charge >= 0.3 is 11.7 Å². The van der Waals surface area contributed by atoms with Crippen LogP contribution in [0, 0.1) is 5.92 Å². The molecule has 160 valence electrons. The minimum absolute atomic E-state index is 0.0204. The highest BCUT2D eigenvalue weighted by Crippen LogP contribution is 2.48. The lowest BCUT2D eigenvalue weighted by molar-refractivity contribution is -0.234. The van der Waals surface area contributed by atoms with Gasteiger partial charge in [-0.2, -0.15) is 4.98 Å². The third-order valence-electron chi connectivity index (χ3n) is 5.68. The molecular weight excluding hydrogens is 382 g/mol. The third kappa shape index (κ3) is 3.89. The largest absolute Gasteiger partial charge is 0.463 e. The summed E-state index contributed by atoms with van der Waals surface area (Å²) in [7, 11) is 0. The molecule has 2 aliphatic heterocycles. The fourth-order valence-electron chi connectivity index (χ4n) is 4.18. The van der Waals surface area contributed by atoms with Crippen molar-refractivity contribution < 1.29 is 28.9 Å². The maximum absolute atomic E-state index is 12.4. The molecule has 0 amide bonds. The van der Waals surface area contributed by atoms with E-state index in [1.807, 2.05) is 5.48 Å². The van der Waals surface area contributed by atoms with Gasteiger partial charge in [-0.3, -0.25) is 20.0 Å². The topological polar surface area (TPSA) is 121 Å². The Hall–Kier alpha value is -2.01. The summed E-state index contributed by atoms with van der Waals surface area (Å²) in [6.07, 6.45) is 3.90. The summed E-state index contributed by atoms with van der Waals surface area (Å²) in [4.78, 5) is 28.1. The molecule has 0 radical (unpaired) electrons. The molecule has 3 fully saturated rings. The SMILES string of the molecule is CC(C)C(=O)OC[C@H]1O[C@@H](n2ccc(NO)nc2=O)[C@@H]2OC3(CCCCC3)O[C@@H]21. The zero-order valence-electron chi connectivity index (χ0n) is 16.6. The lowest BCUT2D eigenvalue weighted by atomic mass is 9.94. The number of carbonyl (C=O) groups is 1. The normalized spacial score (nSPS) is 30.5. The Kier molecular flexibility index (Phi) is 5.60. The van der Waals surface area contributed by atoms with Gasteiger partial charge < -0.3 is 18.9 Å². The van der Waals surface area contributed by atoms with Crippen LogP contribution in [0.4, 0.5) is 5.82 Å². The van der Waals surface area contributed by atoms with Crippen LogP contribution in [0.15, 0.2) is 17.1 Å². The van der Waals surface area contributed by atoms with E-state index < -0.39 is 36.0 Å². The van der Waals surface area contributed by atoms with Crippen LogP contribution < -0.4 is 11.2 Å². The number of anilines is 1. The second-order valence-electron chi connectivity index (χ2n) is 8.10. The van der Waals surface area contributed by atoms with Crippen LogP contribution in [0.25, 0.3) is 0 Å². The number of hydrogen-bond donors (Lipinski definition) is 2. The number of fused-ring (bicyclic) bond motifs is 1. The summed E-state index contributed by atoms with van der Waals surface area (Å²) >= 11 is 0. The molecule has 2 N–H and O–H groups in total. The first-order valence-electron chi connectivity index (χ1n) is 10.1. The first-order chi connectivity index (χ1) is 13.9. The van der Waals surface area contributed by atoms with Crippen LogP contribution in [0.5, 0.6) is 0 Å².